The molecule has 2 aromatic heterocycles. The quantitative estimate of drug-likeness (QED) is 0.351. The van der Waals surface area contributed by atoms with E-state index < -0.39 is 0 Å². The van der Waals surface area contributed by atoms with Gasteiger partial charge in [-0.2, -0.15) is 10.2 Å². The van der Waals surface area contributed by atoms with Crippen molar-refractivity contribution >= 4 is 66.5 Å². The van der Waals surface area contributed by atoms with Crippen LogP contribution in [0.2, 0.25) is 0 Å². The minimum atomic E-state index is 0.117. The smallest absolute Gasteiger partial charge is 0.234 e. The zero-order valence-electron chi connectivity index (χ0n) is 17.5. The molecule has 4 nitrogen and oxygen atoms in total. The summed E-state index contributed by atoms with van der Waals surface area (Å²) in [6, 6.07) is 28.6. The van der Waals surface area contributed by atoms with Crippen molar-refractivity contribution in [2.75, 3.05) is 0 Å². The Labute approximate surface area is 188 Å². The molecule has 0 bridgehead atoms. The molecular formula is C28H15BN4. The van der Waals surface area contributed by atoms with E-state index in [0.29, 0.717) is 0 Å². The predicted molar refractivity (Wildman–Crippen MR) is 135 cm³/mol. The number of aromatic nitrogens is 4. The highest BCUT2D eigenvalue weighted by molar-refractivity contribution is 7.02. The minimum absolute atomic E-state index is 0.117. The summed E-state index contributed by atoms with van der Waals surface area (Å²) >= 11 is 0. The zero-order chi connectivity index (χ0) is 21.3. The standard InChI is InChI=1S/C28H15BN4/c1-3-8-20-16(6-1)12-18-14-30-32-22-10-5-11-23-26(22)29(24(20)27(18)32)25-21-9-4-2-7-17(21)13-19-15-31-33(23)28(19)25/h1-15H. The maximum Gasteiger partial charge on any atom is 0.254 e. The molecule has 0 N–H and O–H groups in total. The predicted octanol–water partition coefficient (Wildman–Crippen LogP) is 3.81. The summed E-state index contributed by atoms with van der Waals surface area (Å²) in [5.41, 5.74) is 8.74. The van der Waals surface area contributed by atoms with Gasteiger partial charge in [0.15, 0.2) is 0 Å². The fourth-order valence-corrected chi connectivity index (χ4v) is 6.39. The number of benzene rings is 5. The van der Waals surface area contributed by atoms with E-state index >= 15 is 0 Å². The van der Waals surface area contributed by atoms with Crippen LogP contribution in [0, 0.1) is 0 Å². The van der Waals surface area contributed by atoms with Gasteiger partial charge in [-0.3, -0.25) is 0 Å². The molecule has 0 saturated heterocycles. The molecule has 0 fully saturated rings. The van der Waals surface area contributed by atoms with Gasteiger partial charge in [0.05, 0.1) is 34.8 Å². The Morgan fingerprint density at radius 1 is 0.515 bits per heavy atom. The lowest BCUT2D eigenvalue weighted by atomic mass is 9.33. The van der Waals surface area contributed by atoms with E-state index in [4.69, 9.17) is 10.2 Å². The lowest BCUT2D eigenvalue weighted by Crippen LogP contribution is -2.60. The Bertz CT molecular complexity index is 1860. The number of rotatable bonds is 0. The largest absolute Gasteiger partial charge is 0.254 e. The molecule has 33 heavy (non-hydrogen) atoms. The molecule has 7 aromatic rings. The van der Waals surface area contributed by atoms with Crippen molar-refractivity contribution in [2.24, 2.45) is 0 Å². The number of fused-ring (bicyclic) bond motifs is 8. The molecule has 150 valence electrons. The summed E-state index contributed by atoms with van der Waals surface area (Å²) in [4.78, 5) is 0. The second-order valence-electron chi connectivity index (χ2n) is 9.15. The van der Waals surface area contributed by atoms with E-state index in [9.17, 15) is 0 Å². The van der Waals surface area contributed by atoms with E-state index in [2.05, 4.69) is 88.2 Å². The van der Waals surface area contributed by atoms with Crippen molar-refractivity contribution in [3.05, 3.63) is 91.3 Å². The fourth-order valence-electron chi connectivity index (χ4n) is 6.39. The van der Waals surface area contributed by atoms with Gasteiger partial charge >= 0.3 is 0 Å². The third kappa shape index (κ3) is 1.76. The fraction of sp³-hybridized carbons (Fsp3) is 0. The highest BCUT2D eigenvalue weighted by atomic mass is 15.3. The van der Waals surface area contributed by atoms with E-state index in [1.165, 1.54) is 59.7 Å². The van der Waals surface area contributed by atoms with Crippen molar-refractivity contribution in [3.63, 3.8) is 0 Å². The normalized spacial score (nSPS) is 13.4. The van der Waals surface area contributed by atoms with E-state index in [-0.39, 0.29) is 6.71 Å². The van der Waals surface area contributed by atoms with Gasteiger partial charge in [-0.1, -0.05) is 54.6 Å². The maximum absolute atomic E-state index is 4.87. The van der Waals surface area contributed by atoms with Crippen molar-refractivity contribution in [1.29, 1.82) is 0 Å². The molecule has 5 heteroatoms. The van der Waals surface area contributed by atoms with E-state index in [1.54, 1.807) is 0 Å². The first-order valence-electron chi connectivity index (χ1n) is 11.3. The SMILES string of the molecule is c1cc2c3c(c1)-n1ncc4cc5ccccc5c(c41)B3c1c3ccccc3cc3cnn-2c13. The molecule has 0 amide bonds. The minimum Gasteiger partial charge on any atom is -0.234 e. The van der Waals surface area contributed by atoms with Gasteiger partial charge in [0, 0.05) is 10.8 Å². The maximum atomic E-state index is 4.87. The Kier molecular flexibility index (Phi) is 2.63. The number of hydrogen-bond donors (Lipinski definition) is 0. The van der Waals surface area contributed by atoms with Crippen LogP contribution < -0.4 is 16.4 Å². The first kappa shape index (κ1) is 16.3. The number of hydrogen-bond acceptors (Lipinski definition) is 2. The zero-order valence-corrected chi connectivity index (χ0v) is 17.5. The Morgan fingerprint density at radius 3 is 1.58 bits per heavy atom. The third-order valence-corrected chi connectivity index (χ3v) is 7.61. The molecule has 0 aliphatic carbocycles. The molecule has 0 saturated carbocycles. The van der Waals surface area contributed by atoms with E-state index in [0.717, 1.165) is 11.4 Å². The van der Waals surface area contributed by atoms with Gasteiger partial charge in [-0.15, -0.1) is 0 Å². The van der Waals surface area contributed by atoms with Crippen LogP contribution >= 0.6 is 0 Å². The summed E-state index contributed by atoms with van der Waals surface area (Å²) in [6.45, 7) is 0.117. The molecular weight excluding hydrogens is 403 g/mol. The number of nitrogens with zero attached hydrogens (tertiary/aromatic N) is 4. The highest BCUT2D eigenvalue weighted by Gasteiger charge is 2.41. The second kappa shape index (κ2) is 5.33. The molecule has 0 spiro atoms. The second-order valence-corrected chi connectivity index (χ2v) is 9.15. The topological polar surface area (TPSA) is 35.6 Å². The van der Waals surface area contributed by atoms with Gasteiger partial charge in [0.25, 0.3) is 6.71 Å². The van der Waals surface area contributed by atoms with Crippen LogP contribution in [0.5, 0.6) is 0 Å². The van der Waals surface area contributed by atoms with Crippen LogP contribution in [-0.4, -0.2) is 26.3 Å². The summed E-state index contributed by atoms with van der Waals surface area (Å²) in [5.74, 6) is 0. The van der Waals surface area contributed by atoms with Gasteiger partial charge < -0.3 is 0 Å². The Balaban J connectivity index is 1.62. The highest BCUT2D eigenvalue weighted by Crippen LogP contribution is 2.33. The van der Waals surface area contributed by atoms with E-state index in [1.807, 2.05) is 12.4 Å². The van der Waals surface area contributed by atoms with Crippen LogP contribution in [0.25, 0.3) is 54.7 Å². The molecule has 4 heterocycles. The average molecular weight is 418 g/mol. The molecule has 2 aliphatic rings. The summed E-state index contributed by atoms with van der Waals surface area (Å²) in [6.07, 6.45) is 4.03. The average Bonchev–Trinajstić information content (AvgIpc) is 3.48. The monoisotopic (exact) mass is 418 g/mol. The van der Waals surface area contributed by atoms with Gasteiger partial charge in [0.2, 0.25) is 0 Å². The molecule has 0 radical (unpaired) electrons. The van der Waals surface area contributed by atoms with Crippen molar-refractivity contribution in [1.82, 2.24) is 19.6 Å². The Morgan fingerprint density at radius 2 is 1.03 bits per heavy atom. The molecule has 0 unspecified atom stereocenters. The van der Waals surface area contributed by atoms with Gasteiger partial charge in [-0.25, -0.2) is 9.36 Å². The third-order valence-electron chi connectivity index (χ3n) is 7.61. The first-order chi connectivity index (χ1) is 16.4. The van der Waals surface area contributed by atoms with Crippen LogP contribution in [0.1, 0.15) is 0 Å². The summed E-state index contributed by atoms with van der Waals surface area (Å²) < 4.78 is 4.28. The molecule has 9 rings (SSSR count). The van der Waals surface area contributed by atoms with Crippen molar-refractivity contribution in [3.8, 4) is 11.4 Å². The van der Waals surface area contributed by atoms with Gasteiger partial charge in [-0.05, 0) is 62.2 Å². The molecule has 5 aromatic carbocycles. The van der Waals surface area contributed by atoms with Crippen molar-refractivity contribution < 1.29 is 0 Å². The first-order valence-corrected chi connectivity index (χ1v) is 11.3. The summed E-state index contributed by atoms with van der Waals surface area (Å²) in [7, 11) is 0. The van der Waals surface area contributed by atoms with Crippen LogP contribution in [0.15, 0.2) is 91.3 Å². The van der Waals surface area contributed by atoms with Crippen molar-refractivity contribution in [2.45, 2.75) is 0 Å². The van der Waals surface area contributed by atoms with Crippen LogP contribution in [0.4, 0.5) is 0 Å². The molecule has 2 aliphatic heterocycles. The lowest BCUT2D eigenvalue weighted by Gasteiger charge is -2.33. The van der Waals surface area contributed by atoms with Crippen LogP contribution in [0.3, 0.4) is 0 Å². The Hall–Kier alpha value is -4.38. The lowest BCUT2D eigenvalue weighted by molar-refractivity contribution is 0.891. The van der Waals surface area contributed by atoms with Gasteiger partial charge in [0.1, 0.15) is 0 Å². The van der Waals surface area contributed by atoms with Crippen LogP contribution in [-0.2, 0) is 0 Å². The summed E-state index contributed by atoms with van der Waals surface area (Å²) in [5, 5.41) is 17.2. The molecule has 0 atom stereocenters.